The molecule has 0 aromatic rings. The molecular formula is C6H3O6Y2-. The van der Waals surface area contributed by atoms with E-state index in [1.165, 1.54) is 0 Å². The molecule has 2 fully saturated rings. The number of carbonyl (C=O) groups is 4. The van der Waals surface area contributed by atoms with E-state index in [0.717, 1.165) is 0 Å². The van der Waals surface area contributed by atoms with E-state index in [2.05, 4.69) is 9.47 Å². The number of ether oxygens (including phenoxy) is 2. The molecule has 8 heteroatoms. The van der Waals surface area contributed by atoms with Crippen LogP contribution in [0.5, 0.6) is 0 Å². The quantitative estimate of drug-likeness (QED) is 0.303. The smallest absolute Gasteiger partial charge is 0.357 e. The predicted octanol–water partition coefficient (Wildman–Crippen LogP) is -1.42. The maximum Gasteiger partial charge on any atom is 0.357 e. The van der Waals surface area contributed by atoms with Crippen LogP contribution in [0, 0.1) is 12.8 Å². The molecule has 1 spiro atoms. The normalized spacial score (nSPS) is 20.0. The molecule has 14 heavy (non-hydrogen) atoms. The maximum absolute atomic E-state index is 10.5. The molecule has 2 aliphatic heterocycles. The zero-order chi connectivity index (χ0) is 8.22. The molecule has 6 nitrogen and oxygen atoms in total. The van der Waals surface area contributed by atoms with E-state index in [4.69, 9.17) is 0 Å². The van der Waals surface area contributed by atoms with Crippen LogP contribution in [0.3, 0.4) is 0 Å². The molecule has 2 saturated heterocycles. The summed E-state index contributed by atoms with van der Waals surface area (Å²) in [5.74, 6) is -4.54. The SMILES string of the molecule is O=C1OC(=O)C12C(=O)OC2=O.[CH3-].[Y].[Y]. The fourth-order valence-corrected chi connectivity index (χ4v) is 0.882. The first kappa shape index (κ1) is 16.9. The number of cyclic esters (lactones) is 4. The monoisotopic (exact) mass is 349 g/mol. The van der Waals surface area contributed by atoms with Crippen molar-refractivity contribution >= 4 is 23.9 Å². The van der Waals surface area contributed by atoms with Gasteiger partial charge in [-0.05, 0) is 0 Å². The molecule has 2 heterocycles. The summed E-state index contributed by atoms with van der Waals surface area (Å²) < 4.78 is 7.68. The minimum Gasteiger partial charge on any atom is -0.390 e. The summed E-state index contributed by atoms with van der Waals surface area (Å²) in [5.41, 5.74) is -2.22. The summed E-state index contributed by atoms with van der Waals surface area (Å²) >= 11 is 0. The van der Waals surface area contributed by atoms with Crippen LogP contribution in [0.25, 0.3) is 0 Å². The van der Waals surface area contributed by atoms with Crippen molar-refractivity contribution in [2.24, 2.45) is 5.41 Å². The number of esters is 4. The van der Waals surface area contributed by atoms with Crippen LogP contribution >= 0.6 is 0 Å². The van der Waals surface area contributed by atoms with Crippen molar-refractivity contribution in [2.75, 3.05) is 0 Å². The fourth-order valence-electron chi connectivity index (χ4n) is 0.882. The Morgan fingerprint density at radius 1 is 0.714 bits per heavy atom. The Labute approximate surface area is 129 Å². The second-order valence-corrected chi connectivity index (χ2v) is 2.10. The molecule has 0 unspecified atom stereocenters. The van der Waals surface area contributed by atoms with E-state index < -0.39 is 29.3 Å². The number of carbonyl (C=O) groups excluding carboxylic acids is 4. The maximum atomic E-state index is 10.5. The number of hydrogen-bond donors (Lipinski definition) is 0. The van der Waals surface area contributed by atoms with Gasteiger partial charge in [0, 0.05) is 65.4 Å². The molecule has 2 radical (unpaired) electrons. The number of rotatable bonds is 0. The van der Waals surface area contributed by atoms with Crippen LogP contribution in [0.1, 0.15) is 0 Å². The second-order valence-electron chi connectivity index (χ2n) is 2.10. The third-order valence-corrected chi connectivity index (χ3v) is 1.60. The van der Waals surface area contributed by atoms with E-state index in [0.29, 0.717) is 0 Å². The van der Waals surface area contributed by atoms with E-state index in [1.54, 1.807) is 0 Å². The molecule has 0 N–H and O–H groups in total. The molecule has 0 bridgehead atoms. The molecule has 0 aliphatic carbocycles. The Hall–Kier alpha value is 0.488. The Balaban J connectivity index is 0. The van der Waals surface area contributed by atoms with E-state index in [-0.39, 0.29) is 72.8 Å². The van der Waals surface area contributed by atoms with Gasteiger partial charge in [-0.3, -0.25) is 0 Å². The van der Waals surface area contributed by atoms with Crippen molar-refractivity contribution in [1.82, 2.24) is 0 Å². The minimum absolute atomic E-state index is 0. The zero-order valence-electron chi connectivity index (χ0n) is 7.10. The first-order valence-electron chi connectivity index (χ1n) is 2.63. The standard InChI is InChI=1S/C5O6.CH3.2Y/c6-1-5(2(7)10-1)3(8)11-4(5)9;;;/h;1H3;;/q;-1;;. The summed E-state index contributed by atoms with van der Waals surface area (Å²) in [4.78, 5) is 42.0. The largest absolute Gasteiger partial charge is 0.390 e. The summed E-state index contributed by atoms with van der Waals surface area (Å²) in [7, 11) is 0. The van der Waals surface area contributed by atoms with Crippen LogP contribution in [0.15, 0.2) is 0 Å². The summed E-state index contributed by atoms with van der Waals surface area (Å²) in [5, 5.41) is 0. The summed E-state index contributed by atoms with van der Waals surface area (Å²) in [6, 6.07) is 0. The van der Waals surface area contributed by atoms with Gasteiger partial charge in [0.05, 0.1) is 0 Å². The Morgan fingerprint density at radius 2 is 0.929 bits per heavy atom. The van der Waals surface area contributed by atoms with Crippen LogP contribution in [0.2, 0.25) is 0 Å². The van der Waals surface area contributed by atoms with Gasteiger partial charge in [-0.2, -0.15) is 0 Å². The van der Waals surface area contributed by atoms with Crippen molar-refractivity contribution in [1.29, 1.82) is 0 Å². The van der Waals surface area contributed by atoms with Gasteiger partial charge < -0.3 is 16.9 Å². The van der Waals surface area contributed by atoms with Crippen molar-refractivity contribution in [2.45, 2.75) is 0 Å². The van der Waals surface area contributed by atoms with Crippen molar-refractivity contribution in [3.8, 4) is 0 Å². The Kier molecular flexibility index (Phi) is 6.05. The van der Waals surface area contributed by atoms with Crippen molar-refractivity contribution < 1.29 is 94.1 Å². The molecule has 0 amide bonds. The molecule has 0 aromatic carbocycles. The minimum atomic E-state index is -2.22. The average molecular weight is 349 g/mol. The van der Waals surface area contributed by atoms with E-state index >= 15 is 0 Å². The zero-order valence-corrected chi connectivity index (χ0v) is 12.8. The topological polar surface area (TPSA) is 86.7 Å². The number of hydrogen-bond acceptors (Lipinski definition) is 6. The Morgan fingerprint density at radius 3 is 1.00 bits per heavy atom. The molecule has 0 aromatic heterocycles. The molecule has 70 valence electrons. The van der Waals surface area contributed by atoms with Crippen LogP contribution in [-0.2, 0) is 94.1 Å². The molecular weight excluding hydrogens is 346 g/mol. The average Bonchev–Trinajstić information content (AvgIpc) is 1.86. The van der Waals surface area contributed by atoms with Gasteiger partial charge in [-0.25, -0.2) is 19.2 Å². The van der Waals surface area contributed by atoms with Crippen LogP contribution in [0.4, 0.5) is 0 Å². The van der Waals surface area contributed by atoms with Gasteiger partial charge in [0.25, 0.3) is 0 Å². The van der Waals surface area contributed by atoms with Gasteiger partial charge >= 0.3 is 29.3 Å². The van der Waals surface area contributed by atoms with Gasteiger partial charge in [-0.15, -0.1) is 0 Å². The Bertz CT molecular complexity index is 259. The van der Waals surface area contributed by atoms with Crippen molar-refractivity contribution in [3.63, 3.8) is 0 Å². The van der Waals surface area contributed by atoms with Gasteiger partial charge in [-0.1, -0.05) is 0 Å². The second kappa shape index (κ2) is 5.01. The fraction of sp³-hybridized carbons (Fsp3) is 0.167. The first-order valence-corrected chi connectivity index (χ1v) is 2.63. The van der Waals surface area contributed by atoms with Gasteiger partial charge in [0.15, 0.2) is 0 Å². The third kappa shape index (κ3) is 1.56. The van der Waals surface area contributed by atoms with E-state index in [9.17, 15) is 19.2 Å². The summed E-state index contributed by atoms with van der Waals surface area (Å²) in [6.45, 7) is 0. The van der Waals surface area contributed by atoms with Crippen LogP contribution in [-0.4, -0.2) is 23.9 Å². The van der Waals surface area contributed by atoms with Gasteiger partial charge in [0.1, 0.15) is 0 Å². The van der Waals surface area contributed by atoms with Crippen molar-refractivity contribution in [3.05, 3.63) is 7.43 Å². The van der Waals surface area contributed by atoms with E-state index in [1.807, 2.05) is 0 Å². The summed E-state index contributed by atoms with van der Waals surface area (Å²) in [6.07, 6.45) is 0. The molecule has 0 saturated carbocycles. The van der Waals surface area contributed by atoms with Gasteiger partial charge in [0.2, 0.25) is 0 Å². The molecule has 2 rings (SSSR count). The predicted molar refractivity (Wildman–Crippen MR) is 31.0 cm³/mol. The first-order chi connectivity index (χ1) is 5.10. The molecule has 0 atom stereocenters. The third-order valence-electron chi connectivity index (χ3n) is 1.60. The molecule has 2 aliphatic rings. The van der Waals surface area contributed by atoms with Crippen LogP contribution < -0.4 is 0 Å².